The quantitative estimate of drug-likeness (QED) is 0.734. The molecule has 2 N–H and O–H groups in total. The lowest BCUT2D eigenvalue weighted by molar-refractivity contribution is 0.192. The first-order valence-corrected chi connectivity index (χ1v) is 5.71. The van der Waals surface area contributed by atoms with Crippen molar-refractivity contribution < 1.29 is 10.2 Å². The van der Waals surface area contributed by atoms with Gasteiger partial charge in [-0.3, -0.25) is 0 Å². The molecule has 0 aromatic heterocycles. The average molecular weight is 212 g/mol. The molecule has 1 aromatic carbocycles. The van der Waals surface area contributed by atoms with E-state index in [0.717, 1.165) is 22.6 Å². The molecular formula is C11H16O2S. The molecule has 0 amide bonds. The Hall–Kier alpha value is -0.510. The fourth-order valence-electron chi connectivity index (χ4n) is 1.08. The summed E-state index contributed by atoms with van der Waals surface area (Å²) >= 11 is 1.71. The molecule has 78 valence electrons. The van der Waals surface area contributed by atoms with Gasteiger partial charge in [-0.15, -0.1) is 11.8 Å². The van der Waals surface area contributed by atoms with Crippen molar-refractivity contribution in [2.45, 2.75) is 31.0 Å². The first-order valence-electron chi connectivity index (χ1n) is 4.73. The molecule has 0 aliphatic carbocycles. The maximum Gasteiger partial charge on any atom is 0.0682 e. The topological polar surface area (TPSA) is 40.5 Å². The summed E-state index contributed by atoms with van der Waals surface area (Å²) in [5.74, 6) is 0.909. The monoisotopic (exact) mass is 212 g/mol. The number of aliphatic hydroxyl groups excluding tert-OH is 2. The maximum atomic E-state index is 9.08. The van der Waals surface area contributed by atoms with Crippen LogP contribution in [0.1, 0.15) is 18.9 Å². The SMILES string of the molecule is CC(O)CCSc1cccc(CO)c1. The van der Waals surface area contributed by atoms with Gasteiger partial charge in [0.15, 0.2) is 0 Å². The number of rotatable bonds is 5. The Labute approximate surface area is 89.0 Å². The fraction of sp³-hybridized carbons (Fsp3) is 0.455. The van der Waals surface area contributed by atoms with Crippen LogP contribution in [0.4, 0.5) is 0 Å². The van der Waals surface area contributed by atoms with Crippen LogP contribution in [0.25, 0.3) is 0 Å². The summed E-state index contributed by atoms with van der Waals surface area (Å²) in [4.78, 5) is 1.15. The van der Waals surface area contributed by atoms with Crippen molar-refractivity contribution in [2.75, 3.05) is 5.75 Å². The molecule has 0 aliphatic heterocycles. The van der Waals surface area contributed by atoms with E-state index in [4.69, 9.17) is 10.2 Å². The molecule has 1 aromatic rings. The van der Waals surface area contributed by atoms with E-state index in [1.165, 1.54) is 0 Å². The van der Waals surface area contributed by atoms with Gasteiger partial charge in [0, 0.05) is 10.6 Å². The van der Waals surface area contributed by atoms with Crippen molar-refractivity contribution in [3.05, 3.63) is 29.8 Å². The van der Waals surface area contributed by atoms with Crippen LogP contribution in [0.2, 0.25) is 0 Å². The summed E-state index contributed by atoms with van der Waals surface area (Å²) in [5, 5.41) is 18.0. The lowest BCUT2D eigenvalue weighted by Gasteiger charge is -2.04. The Morgan fingerprint density at radius 2 is 2.21 bits per heavy atom. The lowest BCUT2D eigenvalue weighted by atomic mass is 10.2. The molecule has 14 heavy (non-hydrogen) atoms. The van der Waals surface area contributed by atoms with Gasteiger partial charge in [-0.05, 0) is 31.0 Å². The van der Waals surface area contributed by atoms with Gasteiger partial charge in [0.2, 0.25) is 0 Å². The van der Waals surface area contributed by atoms with E-state index in [0.29, 0.717) is 0 Å². The summed E-state index contributed by atoms with van der Waals surface area (Å²) in [6.07, 6.45) is 0.567. The van der Waals surface area contributed by atoms with E-state index in [1.54, 1.807) is 18.7 Å². The first-order chi connectivity index (χ1) is 6.72. The van der Waals surface area contributed by atoms with E-state index >= 15 is 0 Å². The Morgan fingerprint density at radius 3 is 2.86 bits per heavy atom. The molecule has 0 saturated heterocycles. The summed E-state index contributed by atoms with van der Waals surface area (Å²) in [6.45, 7) is 1.88. The van der Waals surface area contributed by atoms with Crippen LogP contribution in [-0.4, -0.2) is 22.1 Å². The van der Waals surface area contributed by atoms with Gasteiger partial charge in [0.05, 0.1) is 12.7 Å². The summed E-state index contributed by atoms with van der Waals surface area (Å²) in [5.41, 5.74) is 0.937. The third-order valence-corrected chi connectivity index (χ3v) is 2.91. The Bertz CT molecular complexity index is 274. The molecule has 1 atom stereocenters. The van der Waals surface area contributed by atoms with Gasteiger partial charge in [0.1, 0.15) is 0 Å². The molecule has 0 saturated carbocycles. The zero-order valence-electron chi connectivity index (χ0n) is 8.31. The highest BCUT2D eigenvalue weighted by Gasteiger charge is 1.98. The van der Waals surface area contributed by atoms with Gasteiger partial charge >= 0.3 is 0 Å². The van der Waals surface area contributed by atoms with E-state index in [-0.39, 0.29) is 12.7 Å². The van der Waals surface area contributed by atoms with E-state index in [9.17, 15) is 0 Å². The molecule has 2 nitrogen and oxygen atoms in total. The second-order valence-electron chi connectivity index (χ2n) is 3.29. The molecule has 0 radical (unpaired) electrons. The Kier molecular flexibility index (Phi) is 5.01. The van der Waals surface area contributed by atoms with Crippen LogP contribution in [0, 0.1) is 0 Å². The average Bonchev–Trinajstić information content (AvgIpc) is 2.18. The van der Waals surface area contributed by atoms with Crippen molar-refractivity contribution in [3.63, 3.8) is 0 Å². The number of hydrogen-bond acceptors (Lipinski definition) is 3. The molecule has 0 fully saturated rings. The summed E-state index contributed by atoms with van der Waals surface area (Å²) in [6, 6.07) is 7.84. The molecule has 0 bridgehead atoms. The number of aliphatic hydroxyl groups is 2. The van der Waals surface area contributed by atoms with Gasteiger partial charge in [0.25, 0.3) is 0 Å². The number of hydrogen-bond donors (Lipinski definition) is 2. The largest absolute Gasteiger partial charge is 0.393 e. The molecular weight excluding hydrogens is 196 g/mol. The van der Waals surface area contributed by atoms with Crippen molar-refractivity contribution in [2.24, 2.45) is 0 Å². The molecule has 1 rings (SSSR count). The number of benzene rings is 1. The smallest absolute Gasteiger partial charge is 0.0682 e. The van der Waals surface area contributed by atoms with E-state index in [2.05, 4.69) is 0 Å². The first kappa shape index (κ1) is 11.6. The predicted molar refractivity (Wildman–Crippen MR) is 59.4 cm³/mol. The second kappa shape index (κ2) is 6.06. The molecule has 1 unspecified atom stereocenters. The van der Waals surface area contributed by atoms with Crippen molar-refractivity contribution >= 4 is 11.8 Å². The standard InChI is InChI=1S/C11H16O2S/c1-9(13)5-6-14-11-4-2-3-10(7-11)8-12/h2-4,7,9,12-13H,5-6,8H2,1H3. The minimum atomic E-state index is -0.233. The zero-order valence-corrected chi connectivity index (χ0v) is 9.13. The van der Waals surface area contributed by atoms with Gasteiger partial charge in [-0.1, -0.05) is 12.1 Å². The van der Waals surface area contributed by atoms with Crippen LogP contribution in [-0.2, 0) is 6.61 Å². The van der Waals surface area contributed by atoms with Crippen LogP contribution in [0.5, 0.6) is 0 Å². The van der Waals surface area contributed by atoms with Gasteiger partial charge in [-0.25, -0.2) is 0 Å². The van der Waals surface area contributed by atoms with Crippen LogP contribution in [0.3, 0.4) is 0 Å². The zero-order chi connectivity index (χ0) is 10.4. The maximum absolute atomic E-state index is 9.08. The highest BCUT2D eigenvalue weighted by molar-refractivity contribution is 7.99. The summed E-state index contributed by atoms with van der Waals surface area (Å²) < 4.78 is 0. The minimum Gasteiger partial charge on any atom is -0.393 e. The van der Waals surface area contributed by atoms with Crippen LogP contribution < -0.4 is 0 Å². The minimum absolute atomic E-state index is 0.0881. The normalized spacial score (nSPS) is 12.8. The highest BCUT2D eigenvalue weighted by atomic mass is 32.2. The van der Waals surface area contributed by atoms with E-state index in [1.807, 2.05) is 24.3 Å². The number of thioether (sulfide) groups is 1. The molecule has 3 heteroatoms. The molecule has 0 heterocycles. The Balaban J connectivity index is 2.42. The molecule has 0 aliphatic rings. The van der Waals surface area contributed by atoms with Crippen LogP contribution in [0.15, 0.2) is 29.2 Å². The van der Waals surface area contributed by atoms with Crippen LogP contribution >= 0.6 is 11.8 Å². The van der Waals surface area contributed by atoms with Gasteiger partial charge in [-0.2, -0.15) is 0 Å². The summed E-state index contributed by atoms with van der Waals surface area (Å²) in [7, 11) is 0. The van der Waals surface area contributed by atoms with Crippen molar-refractivity contribution in [1.82, 2.24) is 0 Å². The van der Waals surface area contributed by atoms with E-state index < -0.39 is 0 Å². The van der Waals surface area contributed by atoms with Crippen molar-refractivity contribution in [3.8, 4) is 0 Å². The Morgan fingerprint density at radius 1 is 1.43 bits per heavy atom. The predicted octanol–water partition coefficient (Wildman–Crippen LogP) is 2.04. The van der Waals surface area contributed by atoms with Gasteiger partial charge < -0.3 is 10.2 Å². The third-order valence-electron chi connectivity index (χ3n) is 1.89. The molecule has 0 spiro atoms. The third kappa shape index (κ3) is 4.13. The lowest BCUT2D eigenvalue weighted by Crippen LogP contribution is -2.00. The second-order valence-corrected chi connectivity index (χ2v) is 4.46. The van der Waals surface area contributed by atoms with Crippen molar-refractivity contribution in [1.29, 1.82) is 0 Å². The highest BCUT2D eigenvalue weighted by Crippen LogP contribution is 2.20. The fourth-order valence-corrected chi connectivity index (χ4v) is 2.19.